The number of hydrogen-bond donors (Lipinski definition) is 0. The zero-order valence-corrected chi connectivity index (χ0v) is 19.1. The second-order valence-electron chi connectivity index (χ2n) is 9.17. The maximum Gasteiger partial charge on any atom is 0.253 e. The summed E-state index contributed by atoms with van der Waals surface area (Å²) in [6.45, 7) is 2.44. The molecular weight excluding hydrogens is 424 g/mol. The number of carbonyl (C=O) groups is 1. The van der Waals surface area contributed by atoms with Crippen LogP contribution in [-0.4, -0.2) is 55.3 Å². The molecule has 2 saturated heterocycles. The number of hydrogen-bond acceptors (Lipinski definition) is 4. The van der Waals surface area contributed by atoms with Crippen LogP contribution >= 0.6 is 0 Å². The van der Waals surface area contributed by atoms with Crippen molar-refractivity contribution in [2.75, 3.05) is 26.2 Å². The Balaban J connectivity index is 1.23. The molecule has 170 valence electrons. The maximum absolute atomic E-state index is 13.1. The van der Waals surface area contributed by atoms with Crippen molar-refractivity contribution in [3.05, 3.63) is 59.7 Å². The lowest BCUT2D eigenvalue weighted by molar-refractivity contribution is -0.0106. The van der Waals surface area contributed by atoms with E-state index in [1.807, 2.05) is 23.1 Å². The zero-order valence-electron chi connectivity index (χ0n) is 18.3. The van der Waals surface area contributed by atoms with Crippen LogP contribution in [0.25, 0.3) is 0 Å². The summed E-state index contributed by atoms with van der Waals surface area (Å²) in [6.07, 6.45) is 6.51. The molecule has 7 heteroatoms. The Hall–Kier alpha value is -2.38. The molecule has 1 amide bonds. The Labute approximate surface area is 190 Å². The van der Waals surface area contributed by atoms with E-state index in [9.17, 15) is 13.2 Å². The van der Waals surface area contributed by atoms with E-state index in [1.54, 1.807) is 28.6 Å². The topological polar surface area (TPSA) is 66.9 Å². The van der Waals surface area contributed by atoms with Crippen LogP contribution in [0.5, 0.6) is 5.75 Å². The van der Waals surface area contributed by atoms with E-state index in [1.165, 1.54) is 5.56 Å². The second kappa shape index (κ2) is 8.52. The van der Waals surface area contributed by atoms with Crippen molar-refractivity contribution in [3.8, 4) is 5.75 Å². The van der Waals surface area contributed by atoms with Gasteiger partial charge in [-0.05, 0) is 61.6 Å². The third-order valence-corrected chi connectivity index (χ3v) is 9.08. The summed E-state index contributed by atoms with van der Waals surface area (Å²) in [5.41, 5.74) is 1.61. The Morgan fingerprint density at radius 3 is 2.25 bits per heavy atom. The first kappa shape index (κ1) is 21.5. The van der Waals surface area contributed by atoms with Gasteiger partial charge < -0.3 is 9.64 Å². The van der Waals surface area contributed by atoms with Crippen molar-refractivity contribution in [3.63, 3.8) is 0 Å². The zero-order chi connectivity index (χ0) is 22.2. The average Bonchev–Trinajstić information content (AvgIpc) is 2.85. The van der Waals surface area contributed by atoms with Crippen molar-refractivity contribution < 1.29 is 17.9 Å². The number of fused-ring (bicyclic) bond motifs is 1. The first-order valence-electron chi connectivity index (χ1n) is 11.6. The van der Waals surface area contributed by atoms with Crippen LogP contribution in [0.3, 0.4) is 0 Å². The highest BCUT2D eigenvalue weighted by molar-refractivity contribution is 7.89. The fourth-order valence-electron chi connectivity index (χ4n) is 5.13. The standard InChI is InChI=1S/C25H30N2O4S/c28-24(21-8-10-22(11-9-21)32(29,30)27-16-4-1-5-17-27)26-18-14-25(15-19-26)13-12-20-6-2-3-7-23(20)31-25/h2-3,6-11H,1,4-5,12-19H2. The largest absolute Gasteiger partial charge is 0.487 e. The monoisotopic (exact) mass is 454 g/mol. The van der Waals surface area contributed by atoms with Gasteiger partial charge in [0, 0.05) is 44.6 Å². The minimum atomic E-state index is -3.48. The summed E-state index contributed by atoms with van der Waals surface area (Å²) < 4.78 is 33.6. The predicted molar refractivity (Wildman–Crippen MR) is 122 cm³/mol. The van der Waals surface area contributed by atoms with Gasteiger partial charge in [-0.25, -0.2) is 8.42 Å². The molecule has 0 aromatic heterocycles. The molecule has 0 saturated carbocycles. The summed E-state index contributed by atoms with van der Waals surface area (Å²) in [5.74, 6) is 0.932. The number of para-hydroxylation sites is 1. The third kappa shape index (κ3) is 4.04. The molecule has 0 aliphatic carbocycles. The first-order chi connectivity index (χ1) is 15.5. The van der Waals surface area contributed by atoms with Crippen molar-refractivity contribution in [1.29, 1.82) is 0 Å². The van der Waals surface area contributed by atoms with E-state index >= 15 is 0 Å². The summed E-state index contributed by atoms with van der Waals surface area (Å²) in [6, 6.07) is 14.7. The van der Waals surface area contributed by atoms with Gasteiger partial charge in [-0.1, -0.05) is 24.6 Å². The normalized spacial score (nSPS) is 21.1. The molecule has 2 aromatic carbocycles. The van der Waals surface area contributed by atoms with E-state index in [4.69, 9.17) is 4.74 Å². The number of nitrogens with zero attached hydrogens (tertiary/aromatic N) is 2. The maximum atomic E-state index is 13.1. The number of likely N-dealkylation sites (tertiary alicyclic amines) is 1. The van der Waals surface area contributed by atoms with Crippen LogP contribution in [0, 0.1) is 0 Å². The van der Waals surface area contributed by atoms with Crippen molar-refractivity contribution >= 4 is 15.9 Å². The van der Waals surface area contributed by atoms with Crippen LogP contribution in [-0.2, 0) is 16.4 Å². The lowest BCUT2D eigenvalue weighted by atomic mass is 9.83. The molecule has 0 N–H and O–H groups in total. The molecule has 6 nitrogen and oxygen atoms in total. The summed E-state index contributed by atoms with van der Waals surface area (Å²) in [4.78, 5) is 15.2. The van der Waals surface area contributed by atoms with E-state index in [0.29, 0.717) is 31.7 Å². The molecule has 0 atom stereocenters. The van der Waals surface area contributed by atoms with E-state index < -0.39 is 10.0 Å². The number of piperidine rings is 2. The summed E-state index contributed by atoms with van der Waals surface area (Å²) >= 11 is 0. The van der Waals surface area contributed by atoms with Gasteiger partial charge in [-0.15, -0.1) is 0 Å². The number of ether oxygens (including phenoxy) is 1. The Morgan fingerprint density at radius 2 is 1.53 bits per heavy atom. The van der Waals surface area contributed by atoms with Gasteiger partial charge in [0.15, 0.2) is 0 Å². The van der Waals surface area contributed by atoms with Crippen LogP contribution in [0.1, 0.15) is 54.4 Å². The van der Waals surface area contributed by atoms with Crippen LogP contribution in [0.4, 0.5) is 0 Å². The highest BCUT2D eigenvalue weighted by atomic mass is 32.2. The Bertz CT molecular complexity index is 1080. The molecule has 5 rings (SSSR count). The Morgan fingerprint density at radius 1 is 0.844 bits per heavy atom. The van der Waals surface area contributed by atoms with Gasteiger partial charge in [-0.3, -0.25) is 4.79 Å². The minimum absolute atomic E-state index is 0.0435. The van der Waals surface area contributed by atoms with Crippen LogP contribution in [0.2, 0.25) is 0 Å². The lowest BCUT2D eigenvalue weighted by Gasteiger charge is -2.44. The molecule has 32 heavy (non-hydrogen) atoms. The number of benzene rings is 2. The summed E-state index contributed by atoms with van der Waals surface area (Å²) in [5, 5.41) is 0. The fourth-order valence-corrected chi connectivity index (χ4v) is 6.65. The van der Waals surface area contributed by atoms with Gasteiger partial charge in [0.2, 0.25) is 10.0 Å². The van der Waals surface area contributed by atoms with E-state index in [0.717, 1.165) is 50.7 Å². The highest BCUT2D eigenvalue weighted by Gasteiger charge is 2.40. The highest BCUT2D eigenvalue weighted by Crippen LogP contribution is 2.39. The van der Waals surface area contributed by atoms with Crippen molar-refractivity contribution in [2.24, 2.45) is 0 Å². The Kier molecular flexibility index (Phi) is 5.72. The van der Waals surface area contributed by atoms with Crippen LogP contribution in [0.15, 0.2) is 53.4 Å². The van der Waals surface area contributed by atoms with Crippen LogP contribution < -0.4 is 4.74 Å². The molecule has 1 spiro atoms. The van der Waals surface area contributed by atoms with Gasteiger partial charge >= 0.3 is 0 Å². The average molecular weight is 455 g/mol. The number of aryl methyl sites for hydroxylation is 1. The smallest absolute Gasteiger partial charge is 0.253 e. The predicted octanol–water partition coefficient (Wildman–Crippen LogP) is 3.86. The number of sulfonamides is 1. The number of amides is 1. The SMILES string of the molecule is O=C(c1ccc(S(=O)(=O)N2CCCCC2)cc1)N1CCC2(CCc3ccccc3O2)CC1. The van der Waals surface area contributed by atoms with Crippen molar-refractivity contribution in [1.82, 2.24) is 9.21 Å². The van der Waals surface area contributed by atoms with Gasteiger partial charge in [-0.2, -0.15) is 4.31 Å². The molecule has 3 aliphatic rings. The van der Waals surface area contributed by atoms with Crippen molar-refractivity contribution in [2.45, 2.75) is 55.4 Å². The molecule has 2 aromatic rings. The van der Waals surface area contributed by atoms with Gasteiger partial charge in [0.05, 0.1) is 4.90 Å². The number of carbonyl (C=O) groups excluding carboxylic acids is 1. The summed E-state index contributed by atoms with van der Waals surface area (Å²) in [7, 11) is -3.48. The molecule has 0 unspecified atom stereocenters. The van der Waals surface area contributed by atoms with E-state index in [2.05, 4.69) is 6.07 Å². The quantitative estimate of drug-likeness (QED) is 0.706. The van der Waals surface area contributed by atoms with Gasteiger partial charge in [0.1, 0.15) is 11.4 Å². The third-order valence-electron chi connectivity index (χ3n) is 7.16. The molecular formula is C25H30N2O4S. The number of rotatable bonds is 3. The first-order valence-corrected chi connectivity index (χ1v) is 13.1. The van der Waals surface area contributed by atoms with Gasteiger partial charge in [0.25, 0.3) is 5.91 Å². The molecule has 0 bridgehead atoms. The second-order valence-corrected chi connectivity index (χ2v) is 11.1. The lowest BCUT2D eigenvalue weighted by Crippen LogP contribution is -2.51. The molecule has 0 radical (unpaired) electrons. The fraction of sp³-hybridized carbons (Fsp3) is 0.480. The van der Waals surface area contributed by atoms with E-state index in [-0.39, 0.29) is 16.4 Å². The minimum Gasteiger partial charge on any atom is -0.487 e. The molecule has 2 fully saturated rings. The molecule has 3 aliphatic heterocycles. The molecule has 3 heterocycles.